The fourth-order valence-corrected chi connectivity index (χ4v) is 3.67. The molecular weight excluding hydrogens is 256 g/mol. The van der Waals surface area contributed by atoms with Crippen LogP contribution < -0.4 is 5.32 Å². The maximum absolute atomic E-state index is 3.66. The Kier molecular flexibility index (Phi) is 8.89. The lowest BCUT2D eigenvalue weighted by Gasteiger charge is -2.44. The third-order valence-electron chi connectivity index (χ3n) is 5.40. The number of hydrogen-bond acceptors (Lipinski definition) is 2. The molecule has 0 aromatic heterocycles. The van der Waals surface area contributed by atoms with E-state index in [1.165, 1.54) is 64.6 Å². The molecule has 21 heavy (non-hydrogen) atoms. The second-order valence-electron chi connectivity index (χ2n) is 7.73. The van der Waals surface area contributed by atoms with E-state index in [9.17, 15) is 0 Å². The molecule has 0 heterocycles. The zero-order valence-electron chi connectivity index (χ0n) is 15.4. The van der Waals surface area contributed by atoms with Crippen molar-refractivity contribution in [2.24, 2.45) is 11.3 Å². The van der Waals surface area contributed by atoms with Gasteiger partial charge in [-0.1, -0.05) is 46.5 Å². The summed E-state index contributed by atoms with van der Waals surface area (Å²) >= 11 is 0. The third-order valence-corrected chi connectivity index (χ3v) is 5.40. The molecule has 0 bridgehead atoms. The summed E-state index contributed by atoms with van der Waals surface area (Å²) in [5.41, 5.74) is 0.527. The minimum absolute atomic E-state index is 0.527. The highest BCUT2D eigenvalue weighted by molar-refractivity contribution is 4.90. The van der Waals surface area contributed by atoms with Gasteiger partial charge in [-0.05, 0) is 57.5 Å². The van der Waals surface area contributed by atoms with Crippen molar-refractivity contribution in [3.8, 4) is 0 Å². The van der Waals surface area contributed by atoms with Crippen LogP contribution in [0.15, 0.2) is 0 Å². The molecule has 0 spiro atoms. The Morgan fingerprint density at radius 2 is 1.81 bits per heavy atom. The molecule has 1 saturated carbocycles. The van der Waals surface area contributed by atoms with Gasteiger partial charge in [-0.15, -0.1) is 0 Å². The zero-order valence-corrected chi connectivity index (χ0v) is 15.4. The summed E-state index contributed by atoms with van der Waals surface area (Å²) in [6, 6.07) is 0.680. The van der Waals surface area contributed by atoms with Gasteiger partial charge in [0.15, 0.2) is 0 Å². The van der Waals surface area contributed by atoms with Crippen LogP contribution >= 0.6 is 0 Å². The van der Waals surface area contributed by atoms with Gasteiger partial charge in [0.05, 0.1) is 0 Å². The summed E-state index contributed by atoms with van der Waals surface area (Å²) in [5.74, 6) is 0.937. The summed E-state index contributed by atoms with van der Waals surface area (Å²) in [4.78, 5) is 2.75. The van der Waals surface area contributed by atoms with Crippen LogP contribution in [0.2, 0.25) is 0 Å². The van der Waals surface area contributed by atoms with Crippen molar-refractivity contribution < 1.29 is 0 Å². The summed E-state index contributed by atoms with van der Waals surface area (Å²) < 4.78 is 0. The summed E-state index contributed by atoms with van der Waals surface area (Å²) in [7, 11) is 0. The second kappa shape index (κ2) is 9.84. The smallest absolute Gasteiger partial charge is 0.00528 e. The highest BCUT2D eigenvalue weighted by Gasteiger charge is 2.35. The van der Waals surface area contributed by atoms with Crippen LogP contribution in [0.25, 0.3) is 0 Å². The second-order valence-corrected chi connectivity index (χ2v) is 7.73. The van der Waals surface area contributed by atoms with Crippen molar-refractivity contribution in [3.05, 3.63) is 0 Å². The van der Waals surface area contributed by atoms with Crippen molar-refractivity contribution in [2.75, 3.05) is 26.2 Å². The lowest BCUT2D eigenvalue weighted by atomic mass is 9.70. The van der Waals surface area contributed by atoms with Crippen molar-refractivity contribution in [3.63, 3.8) is 0 Å². The molecule has 1 aliphatic carbocycles. The van der Waals surface area contributed by atoms with Crippen molar-refractivity contribution in [2.45, 2.75) is 85.6 Å². The number of nitrogens with zero attached hydrogens (tertiary/aromatic N) is 1. The SMILES string of the molecule is CCCCCN(CC1(CNCC)CCC(C)CC1)C(C)C. The van der Waals surface area contributed by atoms with Gasteiger partial charge in [-0.2, -0.15) is 0 Å². The number of unbranched alkanes of at least 4 members (excludes halogenated alkanes) is 2. The van der Waals surface area contributed by atoms with Gasteiger partial charge in [0, 0.05) is 19.1 Å². The van der Waals surface area contributed by atoms with E-state index in [0.29, 0.717) is 11.5 Å². The monoisotopic (exact) mass is 296 g/mol. The van der Waals surface area contributed by atoms with E-state index in [4.69, 9.17) is 0 Å². The van der Waals surface area contributed by atoms with E-state index in [-0.39, 0.29) is 0 Å². The van der Waals surface area contributed by atoms with E-state index >= 15 is 0 Å². The highest BCUT2D eigenvalue weighted by atomic mass is 15.2. The number of hydrogen-bond donors (Lipinski definition) is 1. The molecule has 1 fully saturated rings. The Labute approximate surface area is 134 Å². The Morgan fingerprint density at radius 3 is 2.33 bits per heavy atom. The van der Waals surface area contributed by atoms with E-state index in [1.807, 2.05) is 0 Å². The fourth-order valence-electron chi connectivity index (χ4n) is 3.67. The van der Waals surface area contributed by atoms with Crippen LogP contribution in [0.1, 0.15) is 79.6 Å². The highest BCUT2D eigenvalue weighted by Crippen LogP contribution is 2.39. The van der Waals surface area contributed by atoms with Crippen molar-refractivity contribution >= 4 is 0 Å². The minimum Gasteiger partial charge on any atom is -0.316 e. The van der Waals surface area contributed by atoms with Crippen LogP contribution in [0, 0.1) is 11.3 Å². The predicted molar refractivity (Wildman–Crippen MR) is 94.8 cm³/mol. The summed E-state index contributed by atoms with van der Waals surface area (Å²) in [6.45, 7) is 16.6. The molecule has 0 radical (unpaired) electrons. The topological polar surface area (TPSA) is 15.3 Å². The standard InChI is InChI=1S/C19H40N2/c1-6-8-9-14-21(17(3)4)16-19(15-20-7-2)12-10-18(5)11-13-19/h17-18,20H,6-16H2,1-5H3. The Bertz CT molecular complexity index is 249. The first kappa shape index (κ1) is 19.0. The molecule has 0 amide bonds. The quantitative estimate of drug-likeness (QED) is 0.588. The Hall–Kier alpha value is -0.0800. The Morgan fingerprint density at radius 1 is 1.14 bits per heavy atom. The molecule has 1 rings (SSSR count). The van der Waals surface area contributed by atoms with Gasteiger partial charge in [0.25, 0.3) is 0 Å². The van der Waals surface area contributed by atoms with Gasteiger partial charge in [0.1, 0.15) is 0 Å². The first-order valence-corrected chi connectivity index (χ1v) is 9.47. The molecule has 0 aliphatic heterocycles. The third kappa shape index (κ3) is 6.69. The van der Waals surface area contributed by atoms with Gasteiger partial charge < -0.3 is 10.2 Å². The molecule has 2 nitrogen and oxygen atoms in total. The van der Waals surface area contributed by atoms with Crippen LogP contribution in [-0.4, -0.2) is 37.1 Å². The largest absolute Gasteiger partial charge is 0.316 e. The number of rotatable bonds is 10. The molecular formula is C19H40N2. The molecule has 0 aromatic carbocycles. The molecule has 126 valence electrons. The Balaban J connectivity index is 2.63. The van der Waals surface area contributed by atoms with Crippen molar-refractivity contribution in [1.29, 1.82) is 0 Å². The maximum atomic E-state index is 3.66. The zero-order chi connectivity index (χ0) is 15.7. The average Bonchev–Trinajstić information content (AvgIpc) is 2.47. The predicted octanol–water partition coefficient (Wildman–Crippen LogP) is 4.69. The van der Waals surface area contributed by atoms with E-state index in [0.717, 1.165) is 12.5 Å². The minimum atomic E-state index is 0.527. The average molecular weight is 297 g/mol. The van der Waals surface area contributed by atoms with E-state index in [2.05, 4.69) is 44.8 Å². The van der Waals surface area contributed by atoms with Gasteiger partial charge in [-0.3, -0.25) is 0 Å². The molecule has 0 saturated heterocycles. The molecule has 0 atom stereocenters. The fraction of sp³-hybridized carbons (Fsp3) is 1.00. The summed E-state index contributed by atoms with van der Waals surface area (Å²) in [6.07, 6.45) is 9.74. The lowest BCUT2D eigenvalue weighted by molar-refractivity contribution is 0.0698. The molecule has 2 heteroatoms. The normalized spacial score (nSPS) is 26.7. The van der Waals surface area contributed by atoms with Gasteiger partial charge in [0.2, 0.25) is 0 Å². The van der Waals surface area contributed by atoms with Gasteiger partial charge >= 0.3 is 0 Å². The molecule has 1 N–H and O–H groups in total. The molecule has 1 aliphatic rings. The van der Waals surface area contributed by atoms with E-state index < -0.39 is 0 Å². The molecule has 0 unspecified atom stereocenters. The van der Waals surface area contributed by atoms with Crippen LogP contribution in [0.3, 0.4) is 0 Å². The first-order chi connectivity index (χ1) is 10.0. The molecule has 0 aromatic rings. The van der Waals surface area contributed by atoms with Crippen LogP contribution in [-0.2, 0) is 0 Å². The maximum Gasteiger partial charge on any atom is 0.00528 e. The van der Waals surface area contributed by atoms with Gasteiger partial charge in [-0.25, -0.2) is 0 Å². The van der Waals surface area contributed by atoms with E-state index in [1.54, 1.807) is 0 Å². The lowest BCUT2D eigenvalue weighted by Crippen LogP contribution is -2.48. The summed E-state index contributed by atoms with van der Waals surface area (Å²) in [5, 5.41) is 3.66. The number of nitrogens with one attached hydrogen (secondary N) is 1. The van der Waals surface area contributed by atoms with Crippen molar-refractivity contribution in [1.82, 2.24) is 10.2 Å². The van der Waals surface area contributed by atoms with Crippen LogP contribution in [0.4, 0.5) is 0 Å². The first-order valence-electron chi connectivity index (χ1n) is 9.47. The van der Waals surface area contributed by atoms with Crippen LogP contribution in [0.5, 0.6) is 0 Å².